The fourth-order valence-corrected chi connectivity index (χ4v) is 29.4. The fourth-order valence-electron chi connectivity index (χ4n) is 29.4. The van der Waals surface area contributed by atoms with Gasteiger partial charge in [0.25, 0.3) is 0 Å². The predicted molar refractivity (Wildman–Crippen MR) is 598 cm³/mol. The van der Waals surface area contributed by atoms with Crippen LogP contribution in [0.2, 0.25) is 0 Å². The van der Waals surface area contributed by atoms with Crippen LogP contribution in [0.5, 0.6) is 0 Å². The number of aliphatic hydroxyl groups is 10. The zero-order valence-corrected chi connectivity index (χ0v) is 96.3. The molecule has 844 valence electrons. The zero-order chi connectivity index (χ0) is 110. The van der Waals surface area contributed by atoms with Crippen LogP contribution in [0.3, 0.4) is 0 Å². The third-order valence-corrected chi connectivity index (χ3v) is 40.9. The van der Waals surface area contributed by atoms with Crippen LogP contribution in [0.4, 0.5) is 0 Å². The van der Waals surface area contributed by atoms with E-state index in [0.717, 1.165) is 151 Å². The number of hydrogen-bond acceptors (Lipinski definition) is 20. The van der Waals surface area contributed by atoms with Crippen LogP contribution in [0.1, 0.15) is 408 Å². The molecule has 0 bridgehead atoms. The lowest BCUT2D eigenvalue weighted by Gasteiger charge is -2.44. The Kier molecular flexibility index (Phi) is 45.6. The van der Waals surface area contributed by atoms with E-state index in [-0.39, 0.29) is 80.7 Å². The minimum absolute atomic E-state index is 0.0621. The van der Waals surface area contributed by atoms with Gasteiger partial charge < -0.3 is 70.0 Å². The van der Waals surface area contributed by atoms with Gasteiger partial charge in [0.2, 0.25) is 0 Å². The van der Waals surface area contributed by atoms with Gasteiger partial charge in [0.15, 0.2) is 11.6 Å². The first-order valence-electron chi connectivity index (χ1n) is 59.9. The summed E-state index contributed by atoms with van der Waals surface area (Å²) in [5, 5.41) is 104. The number of esters is 4. The number of ketones is 2. The Bertz CT molecular complexity index is 4480. The number of rotatable bonds is 38. The Balaban J connectivity index is 0.000000190. The van der Waals surface area contributed by atoms with Gasteiger partial charge in [-0.15, -0.1) is 0 Å². The standard InChI is InChI=1S/2C33H52O5.2C32H50O5/c2*1-7-8-9-19-38-31(37)32(4,5)30(36)17-12-22(2)26-15-16-27-25(11-10-18-33(26,27)6)14-13-24-20-28(34)23(3)29(35)21-24;2*1-5-6-18-37-30(36)32(16-17-32)29(35)14-9-21(2)25-12-13-26-24(8-7-15-31(25,26)4)11-10-23-19-27(33)22(3)28(34)20-23/h2*12-14,17,22-23,26-29,34-35H,7-11,15-16,18-21H2,1-6H3;2*9-11,14,21-22,25-29,33-35H,5-8,12-13,15-20H2,1-4H3/b2*17-12+,24-13?,25-14+;2*14-9+,23-10?,24-11+/t22-,23?,26+,27-,28+,29+,33+;22-,23?,26-,27+,28-,29-,33-;21-,22?,25+,26-,27+,28+,29+,31+;21-,22?,25-,26+,27-,28-,29-,31-/m0101/s1. The Morgan fingerprint density at radius 2 is 0.540 bits per heavy atom. The Morgan fingerprint density at radius 3 is 0.767 bits per heavy atom. The summed E-state index contributed by atoms with van der Waals surface area (Å²) in [4.78, 5) is 76.3. The lowest BCUT2D eigenvalue weighted by molar-refractivity contribution is -0.158. The van der Waals surface area contributed by atoms with Crippen molar-refractivity contribution in [1.82, 2.24) is 0 Å². The first-order chi connectivity index (χ1) is 71.1. The maximum absolute atomic E-state index is 13.0. The largest absolute Gasteiger partial charge is 0.465 e. The summed E-state index contributed by atoms with van der Waals surface area (Å²) in [6.45, 7) is 43.1. The predicted octanol–water partition coefficient (Wildman–Crippen LogP) is 25.2. The Hall–Kier alpha value is -6.30. The highest BCUT2D eigenvalue weighted by atomic mass is 16.5. The molecule has 0 spiro atoms. The van der Waals surface area contributed by atoms with E-state index in [0.29, 0.717) is 163 Å². The average Bonchev–Trinajstić information content (AvgIpc) is 1.61. The van der Waals surface area contributed by atoms with E-state index in [1.807, 2.05) is 52.0 Å². The van der Waals surface area contributed by atoms with E-state index >= 15 is 0 Å². The topological polar surface area (TPSA) is 342 Å². The lowest BCUT2D eigenvalue weighted by Crippen LogP contribution is -2.36. The van der Waals surface area contributed by atoms with Crippen molar-refractivity contribution in [3.63, 3.8) is 0 Å². The van der Waals surface area contributed by atoms with Gasteiger partial charge in [0, 0.05) is 23.7 Å². The van der Waals surface area contributed by atoms with Crippen molar-refractivity contribution < 1.29 is 98.8 Å². The number of ether oxygens (including phenoxy) is 4. The molecule has 0 aromatic heterocycles. The second-order valence-corrected chi connectivity index (χ2v) is 52.0. The van der Waals surface area contributed by atoms with Crippen molar-refractivity contribution >= 4 is 35.4 Å². The highest BCUT2D eigenvalue weighted by Crippen LogP contribution is 2.65. The molecule has 0 saturated heterocycles. The Morgan fingerprint density at radius 1 is 0.313 bits per heavy atom. The number of aliphatic hydroxyl groups excluding tert-OH is 10. The van der Waals surface area contributed by atoms with E-state index in [1.54, 1.807) is 39.8 Å². The van der Waals surface area contributed by atoms with Gasteiger partial charge >= 0.3 is 23.9 Å². The van der Waals surface area contributed by atoms with Gasteiger partial charge in [-0.05, 0) is 364 Å². The van der Waals surface area contributed by atoms with E-state index < -0.39 is 94.6 Å². The van der Waals surface area contributed by atoms with Gasteiger partial charge in [-0.3, -0.25) is 28.8 Å². The number of allylic oxidation sites excluding steroid dienone is 18. The molecule has 0 aromatic carbocycles. The van der Waals surface area contributed by atoms with Gasteiger partial charge in [-0.1, -0.05) is 279 Å². The summed E-state index contributed by atoms with van der Waals surface area (Å²) < 4.78 is 21.7. The molecule has 14 fully saturated rings. The van der Waals surface area contributed by atoms with E-state index in [1.165, 1.54) is 86.5 Å². The number of fused-ring (bicyclic) bond motifs is 4. The number of carbonyl (C=O) groups is 6. The first-order valence-corrected chi connectivity index (χ1v) is 59.9. The first kappa shape index (κ1) is 124. The smallest absolute Gasteiger partial charge is 0.319 e. The zero-order valence-electron chi connectivity index (χ0n) is 96.3. The summed E-state index contributed by atoms with van der Waals surface area (Å²) >= 11 is 0. The number of hydrogen-bond donors (Lipinski definition) is 10. The summed E-state index contributed by atoms with van der Waals surface area (Å²) in [5.74, 6) is 3.39. The quantitative estimate of drug-likeness (QED) is 0.00685. The van der Waals surface area contributed by atoms with Crippen LogP contribution < -0.4 is 0 Å². The van der Waals surface area contributed by atoms with E-state index in [2.05, 4.69) is 144 Å². The van der Waals surface area contributed by atoms with Crippen molar-refractivity contribution in [2.75, 3.05) is 26.4 Å². The summed E-state index contributed by atoms with van der Waals surface area (Å²) in [6.07, 6.45) is 68.8. The molecule has 14 aliphatic rings. The normalized spacial score (nSPS) is 35.8. The minimum atomic E-state index is -1.17. The molecular formula is C130H204O20. The maximum atomic E-state index is 13.0. The number of carbonyl (C=O) groups excluding carboxylic acids is 6. The van der Waals surface area contributed by atoms with E-state index in [4.69, 9.17) is 18.9 Å². The van der Waals surface area contributed by atoms with Crippen molar-refractivity contribution in [2.45, 2.75) is 469 Å². The SMILES string of the molecule is CCCCCOC(=O)C(C)(C)C(=O)/C=C/[C@@H](C)[C@H]1CC[C@H]2/C(=C/C=C3C[C@@H](O)C(C)[C@H](O)C3)CCC[C@]12C.CCCCCOC(=O)C(C)(C)C(=O)/C=C/[C@H](C)[C@H]1CC[C@H]2/C(=C/C=C3C[C@@H](O)C(C)[C@H](O)C3)CCC[C@]12C.CCCCOC(=O)C1([C@H](O)/C=C/[C@@H](C)[C@H]2CC[C@H]3/C(=C/C=C4C[C@@H](O)C(C)[C@H](O)C4)CCC[C@]23C)CC1.CCCCOC(=O)C1([C@H](O)/C=C/[C@H](C)[C@H]2CC[C@H]3/C(=C/C=C4C[C@@H](O)C(C)[C@H](O)C4)CCC[C@]23C)CC1. The molecular weight excluding hydrogens is 1880 g/mol. The van der Waals surface area contributed by atoms with Gasteiger partial charge in [-0.2, -0.15) is 0 Å². The second-order valence-electron chi connectivity index (χ2n) is 52.0. The van der Waals surface area contributed by atoms with Crippen LogP contribution in [0.15, 0.2) is 142 Å². The highest BCUT2D eigenvalue weighted by Gasteiger charge is 2.60. The van der Waals surface area contributed by atoms with Crippen LogP contribution in [0.25, 0.3) is 0 Å². The lowest BCUT2D eigenvalue weighted by atomic mass is 9.61. The van der Waals surface area contributed by atoms with Crippen molar-refractivity contribution in [1.29, 1.82) is 0 Å². The van der Waals surface area contributed by atoms with Crippen LogP contribution in [-0.4, -0.2) is 174 Å². The van der Waals surface area contributed by atoms with Crippen LogP contribution in [0, 0.1) is 138 Å². The molecule has 14 rings (SSSR count). The molecule has 20 heteroatoms. The highest BCUT2D eigenvalue weighted by molar-refractivity contribution is 6.09. The molecule has 0 amide bonds. The fraction of sp³-hybridized carbons (Fsp3) is 0.769. The van der Waals surface area contributed by atoms with Crippen molar-refractivity contribution in [3.8, 4) is 0 Å². The molecule has 20 nitrogen and oxygen atoms in total. The molecule has 10 N–H and O–H groups in total. The molecule has 14 saturated carbocycles. The van der Waals surface area contributed by atoms with Gasteiger partial charge in [-0.25, -0.2) is 0 Å². The Labute approximate surface area is 904 Å². The average molecular weight is 2090 g/mol. The molecule has 26 atom stereocenters. The van der Waals surface area contributed by atoms with Gasteiger partial charge in [0.1, 0.15) is 10.8 Å². The second kappa shape index (κ2) is 55.3. The molecule has 0 radical (unpaired) electrons. The molecule has 0 aliphatic heterocycles. The molecule has 150 heavy (non-hydrogen) atoms. The monoisotopic (exact) mass is 2090 g/mol. The maximum Gasteiger partial charge on any atom is 0.319 e. The van der Waals surface area contributed by atoms with Crippen LogP contribution >= 0.6 is 0 Å². The summed E-state index contributed by atoms with van der Waals surface area (Å²) in [5.41, 5.74) is 7.66. The van der Waals surface area contributed by atoms with Crippen LogP contribution in [-0.2, 0) is 47.7 Å². The van der Waals surface area contributed by atoms with Gasteiger partial charge in [0.05, 0.1) is 98.3 Å². The van der Waals surface area contributed by atoms with E-state index in [9.17, 15) is 79.8 Å². The van der Waals surface area contributed by atoms with Crippen molar-refractivity contribution in [2.24, 2.45) is 138 Å². The molecule has 14 aliphatic carbocycles. The van der Waals surface area contributed by atoms with Crippen molar-refractivity contribution in [3.05, 3.63) is 142 Å². The number of unbranched alkanes of at least 4 members (excludes halogenated alkanes) is 6. The summed E-state index contributed by atoms with van der Waals surface area (Å²) in [6, 6.07) is 0. The third kappa shape index (κ3) is 30.0. The third-order valence-electron chi connectivity index (χ3n) is 40.9. The molecule has 0 heterocycles. The molecule has 0 aromatic rings. The minimum Gasteiger partial charge on any atom is -0.465 e. The summed E-state index contributed by atoms with van der Waals surface area (Å²) in [7, 11) is 0. The molecule has 0 unspecified atom stereocenters.